The zero-order valence-electron chi connectivity index (χ0n) is 17.9. The molecule has 2 aliphatic heterocycles. The van der Waals surface area contributed by atoms with Crippen molar-refractivity contribution in [2.45, 2.75) is 84.2 Å². The fourth-order valence-electron chi connectivity index (χ4n) is 5.78. The first-order valence-corrected chi connectivity index (χ1v) is 11.1. The van der Waals surface area contributed by atoms with Gasteiger partial charge in [0.15, 0.2) is 0 Å². The largest absolute Gasteiger partial charge is 0.324 e. The summed E-state index contributed by atoms with van der Waals surface area (Å²) in [5.74, 6) is 0.313. The molecule has 1 aromatic rings. The monoisotopic (exact) mass is 404 g/mol. The molecule has 1 aliphatic carbocycles. The number of benzene rings is 1. The zero-order chi connectivity index (χ0) is 19.1. The molecule has 28 heavy (non-hydrogen) atoms. The molecule has 4 rings (SSSR count). The van der Waals surface area contributed by atoms with Crippen molar-refractivity contribution in [3.05, 3.63) is 34.9 Å². The average molecular weight is 405 g/mol. The number of carbonyl (C=O) groups is 1. The van der Waals surface area contributed by atoms with E-state index in [4.69, 9.17) is 0 Å². The normalized spacial score (nSPS) is 27.2. The molecule has 156 valence electrons. The number of fused-ring (bicyclic) bond motifs is 1. The Balaban J connectivity index is 0.00000225. The van der Waals surface area contributed by atoms with Crippen molar-refractivity contribution in [1.82, 2.24) is 9.80 Å². The molecule has 4 heteroatoms. The highest BCUT2D eigenvalue weighted by Crippen LogP contribution is 2.47. The molecule has 1 atom stereocenters. The van der Waals surface area contributed by atoms with Crippen LogP contribution in [0, 0.1) is 5.41 Å². The van der Waals surface area contributed by atoms with E-state index in [9.17, 15) is 4.79 Å². The highest BCUT2D eigenvalue weighted by Gasteiger charge is 2.53. The van der Waals surface area contributed by atoms with Gasteiger partial charge in [0.1, 0.15) is 0 Å². The van der Waals surface area contributed by atoms with Crippen LogP contribution in [0.1, 0.15) is 76.0 Å². The topological polar surface area (TPSA) is 23.6 Å². The first kappa shape index (κ1) is 21.6. The van der Waals surface area contributed by atoms with Gasteiger partial charge in [0.05, 0.1) is 12.1 Å². The van der Waals surface area contributed by atoms with Crippen molar-refractivity contribution in [3.8, 4) is 0 Å². The number of hydrogen-bond acceptors (Lipinski definition) is 2. The molecular formula is C24H37ClN2O. The van der Waals surface area contributed by atoms with E-state index in [0.717, 1.165) is 26.1 Å². The number of hydrogen-bond donors (Lipinski definition) is 0. The van der Waals surface area contributed by atoms with E-state index in [2.05, 4.69) is 48.8 Å². The number of rotatable bonds is 3. The number of piperidine rings is 1. The molecule has 3 aliphatic rings. The molecule has 1 amide bonds. The van der Waals surface area contributed by atoms with Gasteiger partial charge in [-0.25, -0.2) is 0 Å². The molecule has 0 aromatic heterocycles. The first-order chi connectivity index (χ1) is 12.9. The van der Waals surface area contributed by atoms with Crippen molar-refractivity contribution in [2.75, 3.05) is 19.6 Å². The van der Waals surface area contributed by atoms with Crippen LogP contribution in [0.25, 0.3) is 0 Å². The Morgan fingerprint density at radius 1 is 0.929 bits per heavy atom. The van der Waals surface area contributed by atoms with Gasteiger partial charge in [-0.2, -0.15) is 0 Å². The van der Waals surface area contributed by atoms with Gasteiger partial charge in [0, 0.05) is 25.0 Å². The van der Waals surface area contributed by atoms with Gasteiger partial charge in [0.2, 0.25) is 5.91 Å². The molecule has 1 unspecified atom stereocenters. The highest BCUT2D eigenvalue weighted by molar-refractivity contribution is 5.85. The van der Waals surface area contributed by atoms with E-state index in [1.807, 2.05) is 0 Å². The Bertz CT molecular complexity index is 711. The second kappa shape index (κ2) is 8.36. The van der Waals surface area contributed by atoms with E-state index in [0.29, 0.717) is 12.3 Å². The van der Waals surface area contributed by atoms with Crippen molar-refractivity contribution in [2.24, 2.45) is 5.41 Å². The van der Waals surface area contributed by atoms with E-state index < -0.39 is 0 Å². The molecule has 2 saturated heterocycles. The smallest absolute Gasteiger partial charge is 0.228 e. The molecule has 0 N–H and O–H groups in total. The summed E-state index contributed by atoms with van der Waals surface area (Å²) in [6.45, 7) is 10.2. The summed E-state index contributed by atoms with van der Waals surface area (Å²) in [5.41, 5.74) is 4.15. The predicted octanol–water partition coefficient (Wildman–Crippen LogP) is 4.99. The van der Waals surface area contributed by atoms with Crippen LogP contribution in [0.3, 0.4) is 0 Å². The van der Waals surface area contributed by atoms with Crippen LogP contribution >= 0.6 is 12.4 Å². The number of halogens is 1. The quantitative estimate of drug-likeness (QED) is 0.708. The average Bonchev–Trinajstić information content (AvgIpc) is 3.19. The van der Waals surface area contributed by atoms with Crippen molar-refractivity contribution in [1.29, 1.82) is 0 Å². The number of aryl methyl sites for hydroxylation is 2. The van der Waals surface area contributed by atoms with Crippen LogP contribution in [0.2, 0.25) is 0 Å². The molecular weight excluding hydrogens is 368 g/mol. The third-order valence-corrected chi connectivity index (χ3v) is 7.78. The van der Waals surface area contributed by atoms with Gasteiger partial charge in [0.25, 0.3) is 0 Å². The minimum Gasteiger partial charge on any atom is -0.324 e. The third-order valence-electron chi connectivity index (χ3n) is 7.78. The van der Waals surface area contributed by atoms with Gasteiger partial charge < -0.3 is 4.90 Å². The van der Waals surface area contributed by atoms with Gasteiger partial charge in [-0.15, -0.1) is 12.4 Å². The maximum atomic E-state index is 13.5. The summed E-state index contributed by atoms with van der Waals surface area (Å²) >= 11 is 0. The number of amides is 1. The summed E-state index contributed by atoms with van der Waals surface area (Å²) in [5, 5.41) is 0. The minimum atomic E-state index is -0.160. The SMILES string of the molecule is CC1(C)CCCN(C(=O)Cc2ccc3c(c2)CCCC3)C1(C)N1CCCC1.Cl. The molecule has 2 heterocycles. The van der Waals surface area contributed by atoms with E-state index in [1.54, 1.807) is 0 Å². The van der Waals surface area contributed by atoms with Crippen LogP contribution in [0.4, 0.5) is 0 Å². The molecule has 0 saturated carbocycles. The lowest BCUT2D eigenvalue weighted by Crippen LogP contribution is -2.69. The lowest BCUT2D eigenvalue weighted by Gasteiger charge is -2.59. The van der Waals surface area contributed by atoms with E-state index in [-0.39, 0.29) is 23.5 Å². The number of nitrogens with zero attached hydrogens (tertiary/aromatic N) is 2. The maximum Gasteiger partial charge on any atom is 0.228 e. The summed E-state index contributed by atoms with van der Waals surface area (Å²) in [6.07, 6.45) is 10.4. The van der Waals surface area contributed by atoms with Gasteiger partial charge >= 0.3 is 0 Å². The second-order valence-corrected chi connectivity index (χ2v) is 9.73. The third kappa shape index (κ3) is 3.73. The highest BCUT2D eigenvalue weighted by atomic mass is 35.5. The van der Waals surface area contributed by atoms with Crippen LogP contribution < -0.4 is 0 Å². The molecule has 2 fully saturated rings. The Labute approximate surface area is 177 Å². The fourth-order valence-corrected chi connectivity index (χ4v) is 5.78. The summed E-state index contributed by atoms with van der Waals surface area (Å²) in [6, 6.07) is 6.79. The molecule has 0 radical (unpaired) electrons. The Morgan fingerprint density at radius 2 is 1.61 bits per heavy atom. The molecule has 0 spiro atoms. The second-order valence-electron chi connectivity index (χ2n) is 9.73. The zero-order valence-corrected chi connectivity index (χ0v) is 18.7. The van der Waals surface area contributed by atoms with Crippen LogP contribution in [-0.2, 0) is 24.1 Å². The molecule has 0 bridgehead atoms. The predicted molar refractivity (Wildman–Crippen MR) is 118 cm³/mol. The standard InChI is InChI=1S/C24H36N2O.ClH/c1-23(2)13-8-16-26(24(23,3)25-14-6-7-15-25)22(27)18-19-11-12-20-9-4-5-10-21(20)17-19;/h11-12,17H,4-10,13-16,18H2,1-3H3;1H. The summed E-state index contributed by atoms with van der Waals surface area (Å²) in [7, 11) is 0. The van der Waals surface area contributed by atoms with Crippen LogP contribution in [-0.4, -0.2) is 41.0 Å². The summed E-state index contributed by atoms with van der Waals surface area (Å²) < 4.78 is 0. The maximum absolute atomic E-state index is 13.5. The number of likely N-dealkylation sites (tertiary alicyclic amines) is 2. The van der Waals surface area contributed by atoms with E-state index in [1.165, 1.54) is 61.6 Å². The number of carbonyl (C=O) groups excluding carboxylic acids is 1. The Kier molecular flexibility index (Phi) is 6.46. The van der Waals surface area contributed by atoms with Crippen molar-refractivity contribution < 1.29 is 4.79 Å². The molecule has 1 aromatic carbocycles. The van der Waals surface area contributed by atoms with Gasteiger partial charge in [-0.05, 0) is 75.0 Å². The lowest BCUT2D eigenvalue weighted by atomic mass is 9.71. The molecule has 3 nitrogen and oxygen atoms in total. The van der Waals surface area contributed by atoms with Crippen LogP contribution in [0.5, 0.6) is 0 Å². The van der Waals surface area contributed by atoms with Gasteiger partial charge in [-0.3, -0.25) is 9.69 Å². The summed E-state index contributed by atoms with van der Waals surface area (Å²) in [4.78, 5) is 18.3. The van der Waals surface area contributed by atoms with E-state index >= 15 is 0 Å². The van der Waals surface area contributed by atoms with Gasteiger partial charge in [-0.1, -0.05) is 32.0 Å². The van der Waals surface area contributed by atoms with Crippen molar-refractivity contribution >= 4 is 18.3 Å². The minimum absolute atomic E-state index is 0. The first-order valence-electron chi connectivity index (χ1n) is 11.1. The Hall–Kier alpha value is -1.06. The van der Waals surface area contributed by atoms with Crippen LogP contribution in [0.15, 0.2) is 18.2 Å². The fraction of sp³-hybridized carbons (Fsp3) is 0.708. The lowest BCUT2D eigenvalue weighted by molar-refractivity contribution is -0.171. The van der Waals surface area contributed by atoms with Crippen molar-refractivity contribution in [3.63, 3.8) is 0 Å². The Morgan fingerprint density at radius 3 is 2.32 bits per heavy atom.